The number of carbonyl (C=O) groups is 1. The lowest BCUT2D eigenvalue weighted by Crippen LogP contribution is -2.08. The average molecular weight is 267 g/mol. The van der Waals surface area contributed by atoms with Crippen LogP contribution in [0.25, 0.3) is 0 Å². The number of carboxylic acids is 1. The van der Waals surface area contributed by atoms with Crippen molar-refractivity contribution in [1.29, 1.82) is 0 Å². The number of aryl methyl sites for hydroxylation is 1. The summed E-state index contributed by atoms with van der Waals surface area (Å²) in [5, 5.41) is 13.4. The van der Waals surface area contributed by atoms with E-state index in [1.54, 1.807) is 31.3 Å². The van der Waals surface area contributed by atoms with Gasteiger partial charge in [-0.3, -0.25) is 4.68 Å². The zero-order chi connectivity index (χ0) is 13.1. The second kappa shape index (κ2) is 5.10. The fourth-order valence-corrected chi connectivity index (χ4v) is 1.71. The number of hydrogen-bond donors (Lipinski definition) is 1. The lowest BCUT2D eigenvalue weighted by atomic mass is 10.2. The summed E-state index contributed by atoms with van der Waals surface area (Å²) in [7, 11) is 1.66. The number of halogens is 1. The summed E-state index contributed by atoms with van der Waals surface area (Å²) in [4.78, 5) is 11.0. The molecule has 2 aromatic rings. The van der Waals surface area contributed by atoms with Crippen LogP contribution in [0.3, 0.4) is 0 Å². The van der Waals surface area contributed by atoms with Crippen molar-refractivity contribution < 1.29 is 14.6 Å². The zero-order valence-corrected chi connectivity index (χ0v) is 10.4. The highest BCUT2D eigenvalue weighted by Crippen LogP contribution is 2.24. The first-order chi connectivity index (χ1) is 8.59. The quantitative estimate of drug-likeness (QED) is 0.923. The van der Waals surface area contributed by atoms with E-state index < -0.39 is 5.97 Å². The molecular formula is C12H11ClN2O3. The molecule has 18 heavy (non-hydrogen) atoms. The van der Waals surface area contributed by atoms with E-state index in [2.05, 4.69) is 5.10 Å². The van der Waals surface area contributed by atoms with Gasteiger partial charge in [-0.25, -0.2) is 4.79 Å². The SMILES string of the molecule is Cn1ncc(C(=O)O)c1COc1ccccc1Cl. The number of para-hydroxylation sites is 1. The fraction of sp³-hybridized carbons (Fsp3) is 0.167. The second-order valence-corrected chi connectivity index (χ2v) is 4.06. The first-order valence-corrected chi connectivity index (χ1v) is 5.59. The number of aromatic nitrogens is 2. The molecule has 0 bridgehead atoms. The number of carboxylic acid groups (broad SMARTS) is 1. The maximum absolute atomic E-state index is 11.0. The van der Waals surface area contributed by atoms with Crippen molar-refractivity contribution in [3.63, 3.8) is 0 Å². The molecule has 5 nitrogen and oxygen atoms in total. The molecule has 0 aliphatic heterocycles. The molecule has 0 spiro atoms. The van der Waals surface area contributed by atoms with Crippen molar-refractivity contribution in [3.05, 3.63) is 46.7 Å². The van der Waals surface area contributed by atoms with E-state index >= 15 is 0 Å². The Morgan fingerprint density at radius 2 is 2.22 bits per heavy atom. The Bertz CT molecular complexity index is 580. The zero-order valence-electron chi connectivity index (χ0n) is 9.63. The molecule has 2 rings (SSSR count). The lowest BCUT2D eigenvalue weighted by molar-refractivity contribution is 0.0693. The molecule has 1 N–H and O–H groups in total. The maximum atomic E-state index is 11.0. The van der Waals surface area contributed by atoms with Crippen LogP contribution >= 0.6 is 11.6 Å². The van der Waals surface area contributed by atoms with Gasteiger partial charge < -0.3 is 9.84 Å². The summed E-state index contributed by atoms with van der Waals surface area (Å²) in [5.74, 6) is -0.516. The van der Waals surface area contributed by atoms with E-state index in [4.69, 9.17) is 21.4 Å². The summed E-state index contributed by atoms with van der Waals surface area (Å²) in [6.07, 6.45) is 1.30. The van der Waals surface area contributed by atoms with Crippen molar-refractivity contribution >= 4 is 17.6 Å². The van der Waals surface area contributed by atoms with Crippen LogP contribution in [0.5, 0.6) is 5.75 Å². The highest BCUT2D eigenvalue weighted by molar-refractivity contribution is 6.32. The molecule has 1 aromatic carbocycles. The Kier molecular flexibility index (Phi) is 3.53. The summed E-state index contributed by atoms with van der Waals surface area (Å²) in [5.41, 5.74) is 0.618. The van der Waals surface area contributed by atoms with Crippen LogP contribution in [0.2, 0.25) is 5.02 Å². The van der Waals surface area contributed by atoms with Crippen LogP contribution in [0.1, 0.15) is 16.1 Å². The minimum atomic E-state index is -1.03. The van der Waals surface area contributed by atoms with Gasteiger partial charge in [0.25, 0.3) is 0 Å². The van der Waals surface area contributed by atoms with E-state index in [-0.39, 0.29) is 12.2 Å². The molecule has 1 heterocycles. The van der Waals surface area contributed by atoms with Gasteiger partial charge >= 0.3 is 5.97 Å². The van der Waals surface area contributed by atoms with Crippen LogP contribution in [-0.4, -0.2) is 20.9 Å². The van der Waals surface area contributed by atoms with Gasteiger partial charge in [-0.2, -0.15) is 5.10 Å². The second-order valence-electron chi connectivity index (χ2n) is 3.65. The monoisotopic (exact) mass is 266 g/mol. The summed E-state index contributed by atoms with van der Waals surface area (Å²) in [6, 6.07) is 7.02. The van der Waals surface area contributed by atoms with Crippen LogP contribution in [0.4, 0.5) is 0 Å². The van der Waals surface area contributed by atoms with E-state index in [1.807, 2.05) is 0 Å². The number of rotatable bonds is 4. The average Bonchev–Trinajstić information content (AvgIpc) is 2.70. The fourth-order valence-electron chi connectivity index (χ4n) is 1.52. The van der Waals surface area contributed by atoms with Gasteiger partial charge in [0, 0.05) is 7.05 Å². The first-order valence-electron chi connectivity index (χ1n) is 5.21. The summed E-state index contributed by atoms with van der Waals surface area (Å²) < 4.78 is 6.97. The molecule has 0 unspecified atom stereocenters. The van der Waals surface area contributed by atoms with Gasteiger partial charge in [-0.1, -0.05) is 23.7 Å². The van der Waals surface area contributed by atoms with Gasteiger partial charge in [0.05, 0.1) is 16.9 Å². The van der Waals surface area contributed by atoms with Crippen LogP contribution in [0.15, 0.2) is 30.5 Å². The van der Waals surface area contributed by atoms with Crippen molar-refractivity contribution in [1.82, 2.24) is 9.78 Å². The smallest absolute Gasteiger partial charge is 0.339 e. The topological polar surface area (TPSA) is 64.4 Å². The molecule has 0 fully saturated rings. The molecule has 0 saturated heterocycles. The van der Waals surface area contributed by atoms with E-state index in [0.717, 1.165) is 0 Å². The third-order valence-electron chi connectivity index (χ3n) is 2.49. The third-order valence-corrected chi connectivity index (χ3v) is 2.81. The molecule has 0 amide bonds. The minimum absolute atomic E-state index is 0.0991. The Morgan fingerprint density at radius 3 is 2.89 bits per heavy atom. The Morgan fingerprint density at radius 1 is 1.50 bits per heavy atom. The molecule has 0 saturated carbocycles. The maximum Gasteiger partial charge on any atom is 0.339 e. The van der Waals surface area contributed by atoms with Crippen molar-refractivity contribution in [3.8, 4) is 5.75 Å². The minimum Gasteiger partial charge on any atom is -0.486 e. The Labute approximate surface area is 109 Å². The molecule has 94 valence electrons. The van der Waals surface area contributed by atoms with Gasteiger partial charge in [0.2, 0.25) is 0 Å². The predicted octanol–water partition coefficient (Wildman–Crippen LogP) is 2.35. The molecular weight excluding hydrogens is 256 g/mol. The Balaban J connectivity index is 2.18. The van der Waals surface area contributed by atoms with Gasteiger partial charge in [0.1, 0.15) is 17.9 Å². The predicted molar refractivity (Wildman–Crippen MR) is 66.0 cm³/mol. The van der Waals surface area contributed by atoms with E-state index in [1.165, 1.54) is 10.9 Å². The number of ether oxygens (including phenoxy) is 1. The summed E-state index contributed by atoms with van der Waals surface area (Å²) >= 11 is 5.94. The van der Waals surface area contributed by atoms with E-state index in [9.17, 15) is 4.79 Å². The molecule has 0 aliphatic carbocycles. The molecule has 1 aromatic heterocycles. The number of nitrogens with zero attached hydrogens (tertiary/aromatic N) is 2. The molecule has 0 radical (unpaired) electrons. The lowest BCUT2D eigenvalue weighted by Gasteiger charge is -2.08. The molecule has 0 atom stereocenters. The number of hydrogen-bond acceptors (Lipinski definition) is 3. The molecule has 6 heteroatoms. The van der Waals surface area contributed by atoms with Crippen molar-refractivity contribution in [2.45, 2.75) is 6.61 Å². The summed E-state index contributed by atoms with van der Waals surface area (Å²) in [6.45, 7) is 0.0991. The van der Waals surface area contributed by atoms with Crippen molar-refractivity contribution in [2.75, 3.05) is 0 Å². The standard InChI is InChI=1S/C12H11ClN2O3/c1-15-10(8(6-14-15)12(16)17)7-18-11-5-3-2-4-9(11)13/h2-6H,7H2,1H3,(H,16,17). The Hall–Kier alpha value is -2.01. The number of benzene rings is 1. The van der Waals surface area contributed by atoms with Crippen LogP contribution in [0, 0.1) is 0 Å². The van der Waals surface area contributed by atoms with E-state index in [0.29, 0.717) is 16.5 Å². The van der Waals surface area contributed by atoms with Gasteiger partial charge in [-0.05, 0) is 12.1 Å². The third kappa shape index (κ3) is 2.46. The number of aromatic carboxylic acids is 1. The highest BCUT2D eigenvalue weighted by Gasteiger charge is 2.15. The van der Waals surface area contributed by atoms with Crippen LogP contribution < -0.4 is 4.74 Å². The normalized spacial score (nSPS) is 10.3. The highest BCUT2D eigenvalue weighted by atomic mass is 35.5. The molecule has 0 aliphatic rings. The largest absolute Gasteiger partial charge is 0.486 e. The van der Waals surface area contributed by atoms with Crippen LogP contribution in [-0.2, 0) is 13.7 Å². The van der Waals surface area contributed by atoms with Gasteiger partial charge in [0.15, 0.2) is 0 Å². The van der Waals surface area contributed by atoms with Gasteiger partial charge in [-0.15, -0.1) is 0 Å². The first kappa shape index (κ1) is 12.4. The van der Waals surface area contributed by atoms with Crippen molar-refractivity contribution in [2.24, 2.45) is 7.05 Å².